The van der Waals surface area contributed by atoms with E-state index in [0.29, 0.717) is 5.02 Å². The van der Waals surface area contributed by atoms with Crippen LogP contribution in [0.15, 0.2) is 30.3 Å². The lowest BCUT2D eigenvalue weighted by atomic mass is 10.2. The van der Waals surface area contributed by atoms with Gasteiger partial charge in [-0.2, -0.15) is 0 Å². The van der Waals surface area contributed by atoms with E-state index in [4.69, 9.17) is 46.4 Å². The molecule has 2 aromatic carbocycles. The van der Waals surface area contributed by atoms with Crippen molar-refractivity contribution in [2.75, 3.05) is 5.32 Å². The first-order valence-electron chi connectivity index (χ1n) is 5.29. The van der Waals surface area contributed by atoms with Crippen molar-refractivity contribution in [3.8, 4) is 0 Å². The molecule has 0 aliphatic heterocycles. The average Bonchev–Trinajstić information content (AvgIpc) is 2.36. The van der Waals surface area contributed by atoms with Gasteiger partial charge >= 0.3 is 0 Å². The maximum atomic E-state index is 13.6. The highest BCUT2D eigenvalue weighted by Crippen LogP contribution is 2.34. The fourth-order valence-corrected chi connectivity index (χ4v) is 2.60. The largest absolute Gasteiger partial charge is 0.319 e. The van der Waals surface area contributed by atoms with Gasteiger partial charge in [0.25, 0.3) is 5.91 Å². The third kappa shape index (κ3) is 3.36. The fraction of sp³-hybridized carbons (Fsp3) is 0. The van der Waals surface area contributed by atoms with Gasteiger partial charge in [0.2, 0.25) is 0 Å². The molecule has 2 rings (SSSR count). The van der Waals surface area contributed by atoms with E-state index in [1.807, 2.05) is 0 Å². The second kappa shape index (κ2) is 6.19. The molecular weight excluding hydrogens is 347 g/mol. The molecule has 20 heavy (non-hydrogen) atoms. The third-order valence-electron chi connectivity index (χ3n) is 2.42. The van der Waals surface area contributed by atoms with Crippen molar-refractivity contribution in [1.29, 1.82) is 0 Å². The molecule has 1 amide bonds. The average molecular weight is 353 g/mol. The first kappa shape index (κ1) is 15.4. The summed E-state index contributed by atoms with van der Waals surface area (Å²) >= 11 is 23.4. The number of hydrogen-bond donors (Lipinski definition) is 1. The minimum atomic E-state index is -0.712. The summed E-state index contributed by atoms with van der Waals surface area (Å²) in [5, 5.41) is 3.30. The number of rotatable bonds is 2. The van der Waals surface area contributed by atoms with Gasteiger partial charge in [0.1, 0.15) is 5.82 Å². The van der Waals surface area contributed by atoms with Crippen LogP contribution in [-0.2, 0) is 0 Å². The Kier molecular flexibility index (Phi) is 4.76. The van der Waals surface area contributed by atoms with Crippen molar-refractivity contribution >= 4 is 58.0 Å². The number of carbonyl (C=O) groups excluding carboxylic acids is 1. The van der Waals surface area contributed by atoms with Crippen molar-refractivity contribution < 1.29 is 9.18 Å². The molecule has 2 aromatic rings. The predicted octanol–water partition coefficient (Wildman–Crippen LogP) is 5.69. The summed E-state index contributed by atoms with van der Waals surface area (Å²) in [5.74, 6) is -1.41. The third-order valence-corrected chi connectivity index (χ3v) is 3.47. The topological polar surface area (TPSA) is 29.1 Å². The maximum Gasteiger partial charge on any atom is 0.258 e. The molecule has 0 aromatic heterocycles. The van der Waals surface area contributed by atoms with Gasteiger partial charge in [-0.25, -0.2) is 4.39 Å². The van der Waals surface area contributed by atoms with Crippen LogP contribution in [-0.4, -0.2) is 5.91 Å². The van der Waals surface area contributed by atoms with Gasteiger partial charge in [-0.05, 0) is 30.3 Å². The van der Waals surface area contributed by atoms with Gasteiger partial charge < -0.3 is 5.32 Å². The molecule has 0 aliphatic carbocycles. The van der Waals surface area contributed by atoms with Crippen molar-refractivity contribution in [2.24, 2.45) is 0 Å². The Labute approximate surface area is 134 Å². The number of hydrogen-bond acceptors (Lipinski definition) is 1. The van der Waals surface area contributed by atoms with Crippen molar-refractivity contribution in [3.05, 3.63) is 61.8 Å². The second-order valence-electron chi connectivity index (χ2n) is 3.82. The quantitative estimate of drug-likeness (QED) is 0.738. The Morgan fingerprint density at radius 3 is 2.15 bits per heavy atom. The molecule has 0 atom stereocenters. The van der Waals surface area contributed by atoms with Crippen LogP contribution in [0.2, 0.25) is 20.1 Å². The van der Waals surface area contributed by atoms with Crippen LogP contribution in [0.4, 0.5) is 10.1 Å². The lowest BCUT2D eigenvalue weighted by molar-refractivity contribution is 0.102. The van der Waals surface area contributed by atoms with Crippen LogP contribution in [0, 0.1) is 5.82 Å². The normalized spacial score (nSPS) is 10.4. The lowest BCUT2D eigenvalue weighted by Gasteiger charge is -2.10. The maximum absolute atomic E-state index is 13.6. The molecule has 1 N–H and O–H groups in total. The van der Waals surface area contributed by atoms with Crippen molar-refractivity contribution in [2.45, 2.75) is 0 Å². The van der Waals surface area contributed by atoms with Crippen LogP contribution < -0.4 is 5.32 Å². The zero-order chi connectivity index (χ0) is 14.9. The number of benzene rings is 2. The highest BCUT2D eigenvalue weighted by Gasteiger charge is 2.16. The van der Waals surface area contributed by atoms with Crippen LogP contribution >= 0.6 is 46.4 Å². The summed E-state index contributed by atoms with van der Waals surface area (Å²) in [6, 6.07) is 6.49. The standard InChI is InChI=1S/C13H6Cl4FNO/c14-6-1-2-11(18)8(3-6)13(20)19-12-9(16)4-7(15)5-10(12)17/h1-5H,(H,19,20). The molecule has 0 bridgehead atoms. The van der Waals surface area contributed by atoms with E-state index in [1.54, 1.807) is 0 Å². The molecule has 0 saturated carbocycles. The van der Waals surface area contributed by atoms with Crippen molar-refractivity contribution in [1.82, 2.24) is 0 Å². The zero-order valence-corrected chi connectivity index (χ0v) is 12.7. The number of halogens is 5. The van der Waals surface area contributed by atoms with E-state index in [0.717, 1.165) is 6.07 Å². The Morgan fingerprint density at radius 2 is 1.55 bits per heavy atom. The molecule has 2 nitrogen and oxygen atoms in total. The Bertz CT molecular complexity index is 667. The Morgan fingerprint density at radius 1 is 0.950 bits per heavy atom. The van der Waals surface area contributed by atoms with Gasteiger partial charge in [-0.15, -0.1) is 0 Å². The molecule has 0 aliphatic rings. The fourth-order valence-electron chi connectivity index (χ4n) is 1.51. The minimum absolute atomic E-state index is 0.151. The number of amides is 1. The van der Waals surface area contributed by atoms with E-state index >= 15 is 0 Å². The zero-order valence-electron chi connectivity index (χ0n) is 9.68. The number of nitrogens with one attached hydrogen (secondary N) is 1. The van der Waals surface area contributed by atoms with Gasteiger partial charge in [0, 0.05) is 10.0 Å². The highest BCUT2D eigenvalue weighted by atomic mass is 35.5. The molecule has 0 unspecified atom stereocenters. The number of anilines is 1. The van der Waals surface area contributed by atoms with E-state index in [1.165, 1.54) is 24.3 Å². The van der Waals surface area contributed by atoms with Crippen LogP contribution in [0.5, 0.6) is 0 Å². The summed E-state index contributed by atoms with van der Waals surface area (Å²) in [5.41, 5.74) is -0.0540. The molecular formula is C13H6Cl4FNO. The SMILES string of the molecule is O=C(Nc1c(Cl)cc(Cl)cc1Cl)c1cc(Cl)ccc1F. The van der Waals surface area contributed by atoms with E-state index < -0.39 is 11.7 Å². The van der Waals surface area contributed by atoms with Gasteiger partial charge in [-0.3, -0.25) is 4.79 Å². The van der Waals surface area contributed by atoms with Crippen LogP contribution in [0.3, 0.4) is 0 Å². The van der Waals surface area contributed by atoms with Crippen LogP contribution in [0.25, 0.3) is 0 Å². The molecule has 0 saturated heterocycles. The van der Waals surface area contributed by atoms with Crippen LogP contribution in [0.1, 0.15) is 10.4 Å². The summed E-state index contributed by atoms with van der Waals surface area (Å²) in [4.78, 5) is 12.0. The lowest BCUT2D eigenvalue weighted by Crippen LogP contribution is -2.14. The first-order chi connectivity index (χ1) is 9.38. The minimum Gasteiger partial charge on any atom is -0.319 e. The summed E-state index contributed by atoms with van der Waals surface area (Å²) in [6.07, 6.45) is 0. The Hall–Kier alpha value is -1.00. The summed E-state index contributed by atoms with van der Waals surface area (Å²) in [6.45, 7) is 0. The molecule has 0 radical (unpaired) electrons. The highest BCUT2D eigenvalue weighted by molar-refractivity contribution is 6.42. The van der Waals surface area contributed by atoms with Gasteiger partial charge in [0.05, 0.1) is 21.3 Å². The smallest absolute Gasteiger partial charge is 0.258 e. The van der Waals surface area contributed by atoms with E-state index in [-0.39, 0.29) is 26.3 Å². The predicted molar refractivity (Wildman–Crippen MR) is 80.8 cm³/mol. The molecule has 0 spiro atoms. The second-order valence-corrected chi connectivity index (χ2v) is 5.51. The molecule has 0 heterocycles. The summed E-state index contributed by atoms with van der Waals surface area (Å²) in [7, 11) is 0. The molecule has 0 fully saturated rings. The van der Waals surface area contributed by atoms with E-state index in [2.05, 4.69) is 5.32 Å². The number of carbonyl (C=O) groups is 1. The van der Waals surface area contributed by atoms with Crippen molar-refractivity contribution in [3.63, 3.8) is 0 Å². The van der Waals surface area contributed by atoms with E-state index in [9.17, 15) is 9.18 Å². The molecule has 104 valence electrons. The van der Waals surface area contributed by atoms with Gasteiger partial charge in [0.15, 0.2) is 0 Å². The first-order valence-corrected chi connectivity index (χ1v) is 6.80. The Balaban J connectivity index is 2.35. The monoisotopic (exact) mass is 351 g/mol. The molecule has 7 heteroatoms. The van der Waals surface area contributed by atoms with Gasteiger partial charge in [-0.1, -0.05) is 46.4 Å². The summed E-state index contributed by atoms with van der Waals surface area (Å²) < 4.78 is 13.6.